The van der Waals surface area contributed by atoms with Crippen molar-refractivity contribution >= 4 is 5.96 Å². The van der Waals surface area contributed by atoms with E-state index in [4.69, 9.17) is 9.15 Å². The van der Waals surface area contributed by atoms with Crippen LogP contribution in [0.2, 0.25) is 0 Å². The summed E-state index contributed by atoms with van der Waals surface area (Å²) in [6.07, 6.45) is 3.70. The first-order valence-electron chi connectivity index (χ1n) is 9.90. The number of ether oxygens (including phenoxy) is 1. The molecular weight excluding hydrogens is 354 g/mol. The van der Waals surface area contributed by atoms with Crippen LogP contribution in [-0.4, -0.2) is 61.8 Å². The summed E-state index contributed by atoms with van der Waals surface area (Å²) >= 11 is 0. The number of nitrogens with zero attached hydrogens (tertiary/aromatic N) is 3. The Morgan fingerprint density at radius 1 is 1.18 bits per heavy atom. The van der Waals surface area contributed by atoms with Crippen molar-refractivity contribution < 1.29 is 9.15 Å². The first kappa shape index (κ1) is 20.4. The van der Waals surface area contributed by atoms with Gasteiger partial charge in [-0.15, -0.1) is 0 Å². The molecule has 1 saturated heterocycles. The number of hydrogen-bond acceptors (Lipinski definition) is 5. The third-order valence-corrected chi connectivity index (χ3v) is 5.27. The van der Waals surface area contributed by atoms with E-state index < -0.39 is 0 Å². The van der Waals surface area contributed by atoms with Crippen LogP contribution < -0.4 is 10.6 Å². The smallest absolute Gasteiger partial charge is 0.226 e. The summed E-state index contributed by atoms with van der Waals surface area (Å²) < 4.78 is 11.2. The van der Waals surface area contributed by atoms with Gasteiger partial charge in [-0.05, 0) is 46.0 Å². The molecule has 0 bridgehead atoms. The maximum Gasteiger partial charge on any atom is 0.226 e. The van der Waals surface area contributed by atoms with Crippen LogP contribution in [0.15, 0.2) is 46.0 Å². The van der Waals surface area contributed by atoms with Crippen molar-refractivity contribution in [3.05, 3.63) is 42.3 Å². The van der Waals surface area contributed by atoms with Crippen LogP contribution in [0.3, 0.4) is 0 Å². The van der Waals surface area contributed by atoms with Gasteiger partial charge in [-0.25, -0.2) is 9.98 Å². The molecule has 7 heteroatoms. The van der Waals surface area contributed by atoms with Gasteiger partial charge < -0.3 is 24.7 Å². The average Bonchev–Trinajstić information content (AvgIpc) is 3.20. The standard InChI is InChI=1S/C21H31N5O2/c1-4-22-20(24-16-21(26(2)3)10-12-27-13-11-21)23-14-18-15-28-19(25-18)17-8-6-5-7-9-17/h5-9,15H,4,10-14,16H2,1-3H3,(H2,22,23,24). The number of aromatic nitrogens is 1. The fraction of sp³-hybridized carbons (Fsp3) is 0.524. The maximum absolute atomic E-state index is 5.60. The summed E-state index contributed by atoms with van der Waals surface area (Å²) in [6, 6.07) is 9.89. The number of nitrogens with one attached hydrogen (secondary N) is 2. The largest absolute Gasteiger partial charge is 0.444 e. The minimum atomic E-state index is 0.0861. The first-order valence-corrected chi connectivity index (χ1v) is 9.90. The number of hydrogen-bond donors (Lipinski definition) is 2. The molecule has 0 unspecified atom stereocenters. The Bertz CT molecular complexity index is 751. The fourth-order valence-corrected chi connectivity index (χ4v) is 3.38. The number of likely N-dealkylation sites (N-methyl/N-ethyl adjacent to an activating group) is 1. The zero-order valence-corrected chi connectivity index (χ0v) is 17.1. The summed E-state index contributed by atoms with van der Waals surface area (Å²) in [5, 5.41) is 6.82. The molecule has 1 fully saturated rings. The van der Waals surface area contributed by atoms with Gasteiger partial charge >= 0.3 is 0 Å². The molecule has 28 heavy (non-hydrogen) atoms. The van der Waals surface area contributed by atoms with Crippen molar-refractivity contribution in [1.82, 2.24) is 20.5 Å². The maximum atomic E-state index is 5.60. The van der Waals surface area contributed by atoms with Crippen LogP contribution >= 0.6 is 0 Å². The number of rotatable bonds is 7. The molecule has 3 rings (SSSR count). The summed E-state index contributed by atoms with van der Waals surface area (Å²) in [5.74, 6) is 1.41. The normalized spacial score (nSPS) is 16.9. The third kappa shape index (κ3) is 5.11. The first-order chi connectivity index (χ1) is 13.6. The quantitative estimate of drug-likeness (QED) is 0.563. The highest BCUT2D eigenvalue weighted by Crippen LogP contribution is 2.25. The van der Waals surface area contributed by atoms with Gasteiger partial charge in [0.1, 0.15) is 12.0 Å². The highest BCUT2D eigenvalue weighted by molar-refractivity contribution is 5.79. The van der Waals surface area contributed by atoms with Gasteiger partial charge in [0.15, 0.2) is 5.96 Å². The monoisotopic (exact) mass is 385 g/mol. The minimum absolute atomic E-state index is 0.0861. The van der Waals surface area contributed by atoms with Gasteiger partial charge in [0.2, 0.25) is 5.89 Å². The van der Waals surface area contributed by atoms with Gasteiger partial charge in [-0.3, -0.25) is 0 Å². The predicted molar refractivity (Wildman–Crippen MR) is 111 cm³/mol. The Hall–Kier alpha value is -2.38. The van der Waals surface area contributed by atoms with Crippen molar-refractivity contribution in [2.24, 2.45) is 4.99 Å². The number of benzene rings is 1. The van der Waals surface area contributed by atoms with Crippen molar-refractivity contribution in [3.8, 4) is 11.5 Å². The second-order valence-electron chi connectivity index (χ2n) is 7.29. The molecular formula is C21H31N5O2. The Kier molecular flexibility index (Phi) is 7.06. The van der Waals surface area contributed by atoms with Gasteiger partial charge in [0.25, 0.3) is 0 Å². The lowest BCUT2D eigenvalue weighted by atomic mass is 9.88. The van der Waals surface area contributed by atoms with Gasteiger partial charge in [-0.1, -0.05) is 18.2 Å². The molecule has 0 saturated carbocycles. The molecule has 0 spiro atoms. The Morgan fingerprint density at radius 2 is 1.93 bits per heavy atom. The molecule has 2 heterocycles. The van der Waals surface area contributed by atoms with E-state index in [2.05, 4.69) is 46.5 Å². The number of oxazole rings is 1. The third-order valence-electron chi connectivity index (χ3n) is 5.27. The Balaban J connectivity index is 1.63. The Labute approximate surface area is 167 Å². The predicted octanol–water partition coefficient (Wildman–Crippen LogP) is 2.51. The lowest BCUT2D eigenvalue weighted by Gasteiger charge is -2.43. The molecule has 1 aliphatic heterocycles. The SMILES string of the molecule is CCNC(=NCc1coc(-c2ccccc2)n1)NCC1(N(C)C)CCOCC1. The van der Waals surface area contributed by atoms with Crippen molar-refractivity contribution in [2.45, 2.75) is 31.8 Å². The summed E-state index contributed by atoms with van der Waals surface area (Å²) in [7, 11) is 4.27. The van der Waals surface area contributed by atoms with Crippen LogP contribution in [0.1, 0.15) is 25.5 Å². The lowest BCUT2D eigenvalue weighted by Crippen LogP contribution is -2.57. The topological polar surface area (TPSA) is 74.9 Å². The minimum Gasteiger partial charge on any atom is -0.444 e. The van der Waals surface area contributed by atoms with E-state index in [1.807, 2.05) is 30.3 Å². The molecule has 0 amide bonds. The zero-order valence-electron chi connectivity index (χ0n) is 17.1. The molecule has 1 aromatic heterocycles. The molecule has 0 radical (unpaired) electrons. The zero-order chi connectivity index (χ0) is 19.8. The second kappa shape index (κ2) is 9.71. The molecule has 1 aromatic carbocycles. The van der Waals surface area contributed by atoms with Crippen molar-refractivity contribution in [2.75, 3.05) is 40.4 Å². The van der Waals surface area contributed by atoms with E-state index in [-0.39, 0.29) is 5.54 Å². The molecule has 0 atom stereocenters. The number of guanidine groups is 1. The Morgan fingerprint density at radius 3 is 2.61 bits per heavy atom. The summed E-state index contributed by atoms with van der Waals surface area (Å²) in [5.41, 5.74) is 1.86. The van der Waals surface area contributed by atoms with Gasteiger partial charge in [0.05, 0.1) is 6.54 Å². The lowest BCUT2D eigenvalue weighted by molar-refractivity contribution is -0.00501. The molecule has 152 valence electrons. The van der Waals surface area contributed by atoms with E-state index in [9.17, 15) is 0 Å². The van der Waals surface area contributed by atoms with Crippen molar-refractivity contribution in [1.29, 1.82) is 0 Å². The summed E-state index contributed by atoms with van der Waals surface area (Å²) in [6.45, 7) is 5.76. The van der Waals surface area contributed by atoms with Crippen LogP contribution in [0, 0.1) is 0 Å². The van der Waals surface area contributed by atoms with Crippen LogP contribution in [-0.2, 0) is 11.3 Å². The number of aliphatic imine (C=N–C) groups is 1. The van der Waals surface area contributed by atoms with E-state index in [1.165, 1.54) is 0 Å². The van der Waals surface area contributed by atoms with Gasteiger partial charge in [0, 0.05) is 37.4 Å². The van der Waals surface area contributed by atoms with E-state index in [1.54, 1.807) is 6.26 Å². The second-order valence-corrected chi connectivity index (χ2v) is 7.29. The fourth-order valence-electron chi connectivity index (χ4n) is 3.38. The van der Waals surface area contributed by atoms with E-state index in [0.29, 0.717) is 12.4 Å². The van der Waals surface area contributed by atoms with Crippen LogP contribution in [0.25, 0.3) is 11.5 Å². The highest BCUT2D eigenvalue weighted by Gasteiger charge is 2.34. The molecule has 7 nitrogen and oxygen atoms in total. The molecule has 1 aliphatic rings. The molecule has 2 N–H and O–H groups in total. The summed E-state index contributed by atoms with van der Waals surface area (Å²) in [4.78, 5) is 11.5. The molecule has 2 aromatic rings. The van der Waals surface area contributed by atoms with Gasteiger partial charge in [-0.2, -0.15) is 0 Å². The van der Waals surface area contributed by atoms with Crippen molar-refractivity contribution in [3.63, 3.8) is 0 Å². The van der Waals surface area contributed by atoms with Crippen LogP contribution in [0.4, 0.5) is 0 Å². The molecule has 0 aliphatic carbocycles. The van der Waals surface area contributed by atoms with Crippen LogP contribution in [0.5, 0.6) is 0 Å². The highest BCUT2D eigenvalue weighted by atomic mass is 16.5. The van der Waals surface area contributed by atoms with E-state index >= 15 is 0 Å². The van der Waals surface area contributed by atoms with E-state index in [0.717, 1.165) is 56.4 Å². The average molecular weight is 386 g/mol.